The Morgan fingerprint density at radius 2 is 1.80 bits per heavy atom. The number of halogens is 3. The Morgan fingerprint density at radius 1 is 1.07 bits per heavy atom. The van der Waals surface area contributed by atoms with E-state index in [9.17, 15) is 18.0 Å². The van der Waals surface area contributed by atoms with Crippen molar-refractivity contribution in [1.82, 2.24) is 24.6 Å². The molecule has 30 heavy (non-hydrogen) atoms. The topological polar surface area (TPSA) is 64.7 Å². The van der Waals surface area contributed by atoms with E-state index in [2.05, 4.69) is 15.4 Å². The molecule has 2 aromatic heterocycles. The van der Waals surface area contributed by atoms with Crippen molar-refractivity contribution in [3.8, 4) is 11.3 Å². The van der Waals surface area contributed by atoms with Crippen LogP contribution in [0.3, 0.4) is 0 Å². The first-order valence-corrected chi connectivity index (χ1v) is 9.21. The quantitative estimate of drug-likeness (QED) is 0.546. The molecule has 0 saturated heterocycles. The molecule has 6 nitrogen and oxygen atoms in total. The zero-order valence-electron chi connectivity index (χ0n) is 16.3. The summed E-state index contributed by atoms with van der Waals surface area (Å²) in [5, 5.41) is 6.92. The average Bonchev–Trinajstić information content (AvgIpc) is 3.22. The lowest BCUT2D eigenvalue weighted by Crippen LogP contribution is -2.26. The van der Waals surface area contributed by atoms with Crippen molar-refractivity contribution < 1.29 is 18.0 Å². The molecule has 2 heterocycles. The molecule has 0 atom stereocenters. The second-order valence-corrected chi connectivity index (χ2v) is 6.92. The van der Waals surface area contributed by atoms with E-state index in [1.165, 1.54) is 29.1 Å². The van der Waals surface area contributed by atoms with Crippen LogP contribution in [0.15, 0.2) is 42.6 Å². The van der Waals surface area contributed by atoms with E-state index in [4.69, 9.17) is 0 Å². The Morgan fingerprint density at radius 3 is 2.57 bits per heavy atom. The molecule has 0 fully saturated rings. The number of imidazole rings is 1. The molecule has 0 aliphatic carbocycles. The first-order valence-electron chi connectivity index (χ1n) is 9.21. The third-order valence-electron chi connectivity index (χ3n) is 4.83. The highest BCUT2D eigenvalue weighted by Crippen LogP contribution is 2.25. The summed E-state index contributed by atoms with van der Waals surface area (Å²) in [6, 6.07) is 7.50. The highest BCUT2D eigenvalue weighted by Gasteiger charge is 2.20. The summed E-state index contributed by atoms with van der Waals surface area (Å²) in [6.07, 6.45) is 1.89. The van der Waals surface area contributed by atoms with E-state index < -0.39 is 17.5 Å². The lowest BCUT2D eigenvalue weighted by molar-refractivity contribution is 0.0954. The van der Waals surface area contributed by atoms with E-state index in [1.807, 2.05) is 11.6 Å². The number of aromatic nitrogens is 4. The predicted octanol–water partition coefficient (Wildman–Crippen LogP) is 3.36. The maximum Gasteiger partial charge on any atom is 0.255 e. The lowest BCUT2D eigenvalue weighted by Gasteiger charge is -2.07. The smallest absolute Gasteiger partial charge is 0.255 e. The van der Waals surface area contributed by atoms with Gasteiger partial charge in [0.15, 0.2) is 0 Å². The molecule has 9 heteroatoms. The van der Waals surface area contributed by atoms with Gasteiger partial charge in [0.2, 0.25) is 0 Å². The van der Waals surface area contributed by atoms with Crippen molar-refractivity contribution in [3.63, 3.8) is 0 Å². The molecular weight excluding hydrogens is 395 g/mol. The summed E-state index contributed by atoms with van der Waals surface area (Å²) in [7, 11) is 3.43. The molecule has 0 radical (unpaired) electrons. The van der Waals surface area contributed by atoms with Gasteiger partial charge < -0.3 is 9.88 Å². The van der Waals surface area contributed by atoms with Crippen molar-refractivity contribution in [2.24, 2.45) is 14.1 Å². The maximum absolute atomic E-state index is 14.2. The summed E-state index contributed by atoms with van der Waals surface area (Å²) in [5.41, 5.74) is 1.68. The monoisotopic (exact) mass is 413 g/mol. The SMILES string of the molecule is Cn1cc(C(=O)NCCc2nc3cc(F)ccc3n2C)c(-c2ccc(F)cc2F)n1. The number of rotatable bonds is 5. The van der Waals surface area contributed by atoms with Gasteiger partial charge in [-0.1, -0.05) is 0 Å². The number of carbonyl (C=O) groups excluding carboxylic acids is 1. The van der Waals surface area contributed by atoms with Crippen LogP contribution in [0.1, 0.15) is 16.2 Å². The Labute approximate surface area is 170 Å². The zero-order valence-corrected chi connectivity index (χ0v) is 16.3. The van der Waals surface area contributed by atoms with Gasteiger partial charge in [0.05, 0.1) is 16.6 Å². The number of benzene rings is 2. The van der Waals surface area contributed by atoms with Crippen LogP contribution in [0.25, 0.3) is 22.3 Å². The number of carbonyl (C=O) groups is 1. The normalized spacial score (nSPS) is 11.2. The van der Waals surface area contributed by atoms with Crippen LogP contribution in [0.2, 0.25) is 0 Å². The minimum absolute atomic E-state index is 0.0412. The van der Waals surface area contributed by atoms with E-state index >= 15 is 0 Å². The maximum atomic E-state index is 14.2. The Hall–Kier alpha value is -3.62. The van der Waals surface area contributed by atoms with Crippen LogP contribution in [-0.2, 0) is 20.5 Å². The second-order valence-electron chi connectivity index (χ2n) is 6.92. The lowest BCUT2D eigenvalue weighted by atomic mass is 10.1. The first-order chi connectivity index (χ1) is 14.3. The number of aryl methyl sites for hydroxylation is 2. The van der Waals surface area contributed by atoms with Crippen molar-refractivity contribution >= 4 is 16.9 Å². The van der Waals surface area contributed by atoms with Gasteiger partial charge in [0.1, 0.15) is 29.0 Å². The number of hydrogen-bond acceptors (Lipinski definition) is 3. The fraction of sp³-hybridized carbons (Fsp3) is 0.190. The van der Waals surface area contributed by atoms with Crippen molar-refractivity contribution in [3.05, 3.63) is 71.4 Å². The van der Waals surface area contributed by atoms with Gasteiger partial charge in [-0.2, -0.15) is 5.10 Å². The van der Waals surface area contributed by atoms with Gasteiger partial charge in [-0.25, -0.2) is 18.2 Å². The molecule has 4 aromatic rings. The summed E-state index contributed by atoms with van der Waals surface area (Å²) in [6.45, 7) is 0.263. The second kappa shape index (κ2) is 7.66. The molecule has 2 aromatic carbocycles. The molecule has 0 spiro atoms. The molecular formula is C21H18F3N5O. The van der Waals surface area contributed by atoms with E-state index in [0.717, 1.165) is 17.6 Å². The third-order valence-corrected chi connectivity index (χ3v) is 4.83. The molecule has 4 rings (SSSR count). The molecule has 0 saturated carbocycles. The largest absolute Gasteiger partial charge is 0.351 e. The Bertz CT molecular complexity index is 1260. The molecule has 154 valence electrons. The van der Waals surface area contributed by atoms with Crippen molar-refractivity contribution in [2.75, 3.05) is 6.54 Å². The van der Waals surface area contributed by atoms with Crippen LogP contribution in [0.5, 0.6) is 0 Å². The van der Waals surface area contributed by atoms with Gasteiger partial charge in [-0.05, 0) is 24.3 Å². The Kier molecular flexibility index (Phi) is 5.03. The van der Waals surface area contributed by atoms with Crippen LogP contribution in [0, 0.1) is 17.5 Å². The highest BCUT2D eigenvalue weighted by molar-refractivity contribution is 5.99. The van der Waals surface area contributed by atoms with Crippen LogP contribution < -0.4 is 5.32 Å². The van der Waals surface area contributed by atoms with Gasteiger partial charge >= 0.3 is 0 Å². The molecule has 1 amide bonds. The molecule has 0 aliphatic heterocycles. The van der Waals surface area contributed by atoms with Gasteiger partial charge in [0, 0.05) is 51.0 Å². The first kappa shape index (κ1) is 19.7. The number of nitrogens with zero attached hydrogens (tertiary/aromatic N) is 4. The molecule has 1 N–H and O–H groups in total. The highest BCUT2D eigenvalue weighted by atomic mass is 19.1. The van der Waals surface area contributed by atoms with Crippen LogP contribution in [0.4, 0.5) is 13.2 Å². The number of amides is 1. The van der Waals surface area contributed by atoms with Crippen molar-refractivity contribution in [1.29, 1.82) is 0 Å². The zero-order chi connectivity index (χ0) is 21.4. The summed E-state index contributed by atoms with van der Waals surface area (Å²) >= 11 is 0. The standard InChI is InChI=1S/C21H18F3N5O/c1-28-11-15(20(27-28)14-5-3-12(22)9-16(14)24)21(30)25-8-7-19-26-17-10-13(23)4-6-18(17)29(19)2/h3-6,9-11H,7-8H2,1-2H3,(H,25,30). The summed E-state index contributed by atoms with van der Waals surface area (Å²) in [5.74, 6) is -1.62. The minimum Gasteiger partial charge on any atom is -0.351 e. The van der Waals surface area contributed by atoms with E-state index in [0.29, 0.717) is 17.8 Å². The van der Waals surface area contributed by atoms with E-state index in [-0.39, 0.29) is 29.2 Å². The van der Waals surface area contributed by atoms with Gasteiger partial charge in [-0.15, -0.1) is 0 Å². The van der Waals surface area contributed by atoms with E-state index in [1.54, 1.807) is 13.1 Å². The summed E-state index contributed by atoms with van der Waals surface area (Å²) in [4.78, 5) is 17.1. The Balaban J connectivity index is 1.51. The molecule has 0 aliphatic rings. The predicted molar refractivity (Wildman–Crippen MR) is 105 cm³/mol. The fourth-order valence-electron chi connectivity index (χ4n) is 3.36. The average molecular weight is 413 g/mol. The number of nitrogens with one attached hydrogen (secondary N) is 1. The minimum atomic E-state index is -0.797. The summed E-state index contributed by atoms with van der Waals surface area (Å²) < 4.78 is 44.0. The van der Waals surface area contributed by atoms with Crippen LogP contribution >= 0.6 is 0 Å². The molecule has 0 bridgehead atoms. The molecule has 0 unspecified atom stereocenters. The van der Waals surface area contributed by atoms with Gasteiger partial charge in [-0.3, -0.25) is 9.48 Å². The number of hydrogen-bond donors (Lipinski definition) is 1. The number of fused-ring (bicyclic) bond motifs is 1. The van der Waals surface area contributed by atoms with Crippen LogP contribution in [-0.4, -0.2) is 31.8 Å². The fourth-order valence-corrected chi connectivity index (χ4v) is 3.36. The van der Waals surface area contributed by atoms with Crippen molar-refractivity contribution in [2.45, 2.75) is 6.42 Å². The van der Waals surface area contributed by atoms with Gasteiger partial charge in [0.25, 0.3) is 5.91 Å². The third kappa shape index (κ3) is 3.66.